The molecule has 0 atom stereocenters. The molecule has 3 aromatic heterocycles. The standard InChI is InChI=1S/C17H15N3OS/c1-2-6-15-12(4-1)8-16(21-15)17-13(10-19-20-17)9-18-11-14-5-3-7-22-14/h1-8,10,18H,9,11H2,(H,19,20). The number of thiophene rings is 1. The van der Waals surface area contributed by atoms with Crippen molar-refractivity contribution in [3.8, 4) is 11.5 Å². The quantitative estimate of drug-likeness (QED) is 0.581. The number of hydrogen-bond acceptors (Lipinski definition) is 4. The first kappa shape index (κ1) is 13.3. The third-order valence-electron chi connectivity index (χ3n) is 3.58. The lowest BCUT2D eigenvalue weighted by atomic mass is 10.2. The summed E-state index contributed by atoms with van der Waals surface area (Å²) in [4.78, 5) is 1.33. The molecule has 0 amide bonds. The molecule has 0 radical (unpaired) electrons. The Bertz CT molecular complexity index is 843. The highest BCUT2D eigenvalue weighted by molar-refractivity contribution is 7.09. The van der Waals surface area contributed by atoms with Crippen LogP contribution in [0.15, 0.2) is 58.5 Å². The number of fused-ring (bicyclic) bond motifs is 1. The summed E-state index contributed by atoms with van der Waals surface area (Å²) in [5.41, 5.74) is 2.94. The second kappa shape index (κ2) is 5.79. The highest BCUT2D eigenvalue weighted by Crippen LogP contribution is 2.28. The van der Waals surface area contributed by atoms with Crippen LogP contribution in [0.1, 0.15) is 10.4 Å². The molecule has 1 aromatic carbocycles. The van der Waals surface area contributed by atoms with Crippen LogP contribution in [0.3, 0.4) is 0 Å². The molecule has 2 N–H and O–H groups in total. The van der Waals surface area contributed by atoms with Gasteiger partial charge in [0.1, 0.15) is 11.3 Å². The molecule has 4 aromatic rings. The minimum atomic E-state index is 0.751. The van der Waals surface area contributed by atoms with E-state index in [4.69, 9.17) is 4.42 Å². The summed E-state index contributed by atoms with van der Waals surface area (Å²) >= 11 is 1.76. The average Bonchev–Trinajstić information content (AvgIpc) is 3.27. The summed E-state index contributed by atoms with van der Waals surface area (Å²) in [6, 6.07) is 14.3. The molecule has 0 unspecified atom stereocenters. The van der Waals surface area contributed by atoms with Crippen molar-refractivity contribution in [2.75, 3.05) is 0 Å². The number of benzene rings is 1. The molecule has 0 fully saturated rings. The summed E-state index contributed by atoms with van der Waals surface area (Å²) < 4.78 is 5.91. The van der Waals surface area contributed by atoms with Crippen LogP contribution in [0.2, 0.25) is 0 Å². The van der Waals surface area contributed by atoms with E-state index in [-0.39, 0.29) is 0 Å². The summed E-state index contributed by atoms with van der Waals surface area (Å²) in [7, 11) is 0. The van der Waals surface area contributed by atoms with Crippen LogP contribution in [-0.2, 0) is 13.1 Å². The van der Waals surface area contributed by atoms with Crippen LogP contribution in [0.5, 0.6) is 0 Å². The molecular formula is C17H15N3OS. The van der Waals surface area contributed by atoms with Gasteiger partial charge in [-0.05, 0) is 23.6 Å². The summed E-state index contributed by atoms with van der Waals surface area (Å²) in [6.07, 6.45) is 1.85. The van der Waals surface area contributed by atoms with E-state index in [1.54, 1.807) is 11.3 Å². The first-order valence-electron chi connectivity index (χ1n) is 7.14. The number of H-pyrrole nitrogens is 1. The zero-order valence-electron chi connectivity index (χ0n) is 11.9. The van der Waals surface area contributed by atoms with E-state index in [9.17, 15) is 0 Å². The van der Waals surface area contributed by atoms with E-state index in [2.05, 4.69) is 33.0 Å². The van der Waals surface area contributed by atoms with E-state index in [1.807, 2.05) is 36.5 Å². The minimum absolute atomic E-state index is 0.751. The van der Waals surface area contributed by atoms with Crippen LogP contribution in [0.4, 0.5) is 0 Å². The summed E-state index contributed by atoms with van der Waals surface area (Å²) in [5, 5.41) is 13.8. The number of furan rings is 1. The number of aromatic amines is 1. The SMILES string of the molecule is c1csc(CNCc2cn[nH]c2-c2cc3ccccc3o2)c1. The van der Waals surface area contributed by atoms with Crippen molar-refractivity contribution in [1.82, 2.24) is 15.5 Å². The lowest BCUT2D eigenvalue weighted by molar-refractivity contribution is 0.625. The van der Waals surface area contributed by atoms with Gasteiger partial charge in [0.25, 0.3) is 0 Å². The second-order valence-electron chi connectivity index (χ2n) is 5.10. The van der Waals surface area contributed by atoms with Crippen LogP contribution < -0.4 is 5.32 Å². The Labute approximate surface area is 131 Å². The molecule has 0 saturated heterocycles. The fraction of sp³-hybridized carbons (Fsp3) is 0.118. The van der Waals surface area contributed by atoms with Crippen molar-refractivity contribution in [1.29, 1.82) is 0 Å². The Morgan fingerprint density at radius 1 is 1.14 bits per heavy atom. The summed E-state index contributed by atoms with van der Waals surface area (Å²) in [6.45, 7) is 1.61. The maximum atomic E-state index is 5.91. The molecule has 4 nitrogen and oxygen atoms in total. The molecule has 0 aliphatic carbocycles. The van der Waals surface area contributed by atoms with Crippen molar-refractivity contribution >= 4 is 22.3 Å². The van der Waals surface area contributed by atoms with Gasteiger partial charge >= 0.3 is 0 Å². The van der Waals surface area contributed by atoms with Gasteiger partial charge < -0.3 is 9.73 Å². The number of aromatic nitrogens is 2. The largest absolute Gasteiger partial charge is 0.454 e. The molecule has 0 bridgehead atoms. The Kier molecular flexibility index (Phi) is 3.50. The molecule has 4 rings (SSSR count). The Morgan fingerprint density at radius 3 is 2.95 bits per heavy atom. The smallest absolute Gasteiger partial charge is 0.153 e. The van der Waals surface area contributed by atoms with Gasteiger partial charge in [-0.15, -0.1) is 11.3 Å². The van der Waals surface area contributed by atoms with Crippen LogP contribution in [0.25, 0.3) is 22.4 Å². The van der Waals surface area contributed by atoms with Crippen LogP contribution in [0, 0.1) is 0 Å². The van der Waals surface area contributed by atoms with Gasteiger partial charge in [-0.25, -0.2) is 0 Å². The summed E-state index contributed by atoms with van der Waals surface area (Å²) in [5.74, 6) is 0.826. The van der Waals surface area contributed by atoms with Gasteiger partial charge in [0, 0.05) is 28.9 Å². The zero-order valence-corrected chi connectivity index (χ0v) is 12.7. The van der Waals surface area contributed by atoms with E-state index in [0.717, 1.165) is 41.1 Å². The van der Waals surface area contributed by atoms with E-state index in [0.29, 0.717) is 0 Å². The zero-order chi connectivity index (χ0) is 14.8. The molecule has 0 spiro atoms. The van der Waals surface area contributed by atoms with Crippen molar-refractivity contribution in [3.05, 3.63) is 64.5 Å². The predicted molar refractivity (Wildman–Crippen MR) is 88.7 cm³/mol. The van der Waals surface area contributed by atoms with Gasteiger partial charge in [0.15, 0.2) is 5.76 Å². The highest BCUT2D eigenvalue weighted by atomic mass is 32.1. The molecular weight excluding hydrogens is 294 g/mol. The monoisotopic (exact) mass is 309 g/mol. The van der Waals surface area contributed by atoms with Gasteiger partial charge in [-0.1, -0.05) is 24.3 Å². The number of hydrogen-bond donors (Lipinski definition) is 2. The van der Waals surface area contributed by atoms with Crippen molar-refractivity contribution in [3.63, 3.8) is 0 Å². The Hall–Kier alpha value is -2.37. The Balaban J connectivity index is 1.54. The predicted octanol–water partition coefficient (Wildman–Crippen LogP) is 4.17. The fourth-order valence-corrected chi connectivity index (χ4v) is 3.17. The molecule has 0 aliphatic heterocycles. The molecule has 0 aliphatic rings. The average molecular weight is 309 g/mol. The lowest BCUT2D eigenvalue weighted by Gasteiger charge is -2.02. The first-order valence-corrected chi connectivity index (χ1v) is 8.02. The van der Waals surface area contributed by atoms with Crippen molar-refractivity contribution in [2.45, 2.75) is 13.1 Å². The van der Waals surface area contributed by atoms with E-state index < -0.39 is 0 Å². The fourth-order valence-electron chi connectivity index (χ4n) is 2.50. The number of nitrogens with one attached hydrogen (secondary N) is 2. The van der Waals surface area contributed by atoms with Crippen LogP contribution in [-0.4, -0.2) is 10.2 Å². The molecule has 22 heavy (non-hydrogen) atoms. The van der Waals surface area contributed by atoms with Gasteiger partial charge in [-0.3, -0.25) is 5.10 Å². The topological polar surface area (TPSA) is 53.9 Å². The maximum absolute atomic E-state index is 5.91. The molecule has 5 heteroatoms. The lowest BCUT2D eigenvalue weighted by Crippen LogP contribution is -2.11. The number of nitrogens with zero attached hydrogens (tertiary/aromatic N) is 1. The van der Waals surface area contributed by atoms with Gasteiger partial charge in [0.05, 0.1) is 6.20 Å². The third-order valence-corrected chi connectivity index (χ3v) is 4.46. The molecule has 110 valence electrons. The van der Waals surface area contributed by atoms with Crippen LogP contribution >= 0.6 is 11.3 Å². The van der Waals surface area contributed by atoms with Gasteiger partial charge in [-0.2, -0.15) is 5.10 Å². The third kappa shape index (κ3) is 2.56. The van der Waals surface area contributed by atoms with Crippen molar-refractivity contribution in [2.24, 2.45) is 0 Å². The second-order valence-corrected chi connectivity index (χ2v) is 6.13. The normalized spacial score (nSPS) is 11.3. The number of rotatable bonds is 5. The van der Waals surface area contributed by atoms with Crippen molar-refractivity contribution < 1.29 is 4.42 Å². The first-order chi connectivity index (χ1) is 10.9. The Morgan fingerprint density at radius 2 is 2.09 bits per heavy atom. The van der Waals surface area contributed by atoms with Gasteiger partial charge in [0.2, 0.25) is 0 Å². The molecule has 0 saturated carbocycles. The maximum Gasteiger partial charge on any atom is 0.153 e. The number of para-hydroxylation sites is 1. The van der Waals surface area contributed by atoms with E-state index in [1.165, 1.54) is 4.88 Å². The highest BCUT2D eigenvalue weighted by Gasteiger charge is 2.12. The molecule has 3 heterocycles. The van der Waals surface area contributed by atoms with E-state index >= 15 is 0 Å². The minimum Gasteiger partial charge on any atom is -0.454 e.